The van der Waals surface area contributed by atoms with Gasteiger partial charge >= 0.3 is 0 Å². The quantitative estimate of drug-likeness (QED) is 0.765. The lowest BCUT2D eigenvalue weighted by molar-refractivity contribution is 0.616. The standard InChI is InChI=1S/C12H18BrN/c1-2-3-6-9-14-10-11-7-4-5-8-12(11)13/h4-5,7-8,14H,2-3,6,9-10H2,1H3. The van der Waals surface area contributed by atoms with Crippen LogP contribution in [0.2, 0.25) is 0 Å². The Hall–Kier alpha value is -0.340. The van der Waals surface area contributed by atoms with E-state index in [1.54, 1.807) is 0 Å². The lowest BCUT2D eigenvalue weighted by Gasteiger charge is -2.05. The van der Waals surface area contributed by atoms with Gasteiger partial charge in [-0.1, -0.05) is 53.9 Å². The van der Waals surface area contributed by atoms with Crippen LogP contribution in [0, 0.1) is 0 Å². The van der Waals surface area contributed by atoms with E-state index in [4.69, 9.17) is 0 Å². The summed E-state index contributed by atoms with van der Waals surface area (Å²) in [7, 11) is 0. The molecule has 1 aromatic rings. The van der Waals surface area contributed by atoms with Gasteiger partial charge in [-0.15, -0.1) is 0 Å². The molecule has 0 aliphatic heterocycles. The van der Waals surface area contributed by atoms with Crippen molar-refractivity contribution in [2.24, 2.45) is 0 Å². The molecule has 2 heteroatoms. The highest BCUT2D eigenvalue weighted by molar-refractivity contribution is 9.10. The van der Waals surface area contributed by atoms with Crippen molar-refractivity contribution in [3.8, 4) is 0 Å². The molecule has 1 rings (SSSR count). The normalized spacial score (nSPS) is 10.4. The average Bonchev–Trinajstić information content (AvgIpc) is 2.20. The SMILES string of the molecule is CCCCCNCc1ccccc1Br. The summed E-state index contributed by atoms with van der Waals surface area (Å²) < 4.78 is 1.20. The molecule has 0 bridgehead atoms. The zero-order valence-corrected chi connectivity index (χ0v) is 10.3. The number of nitrogens with one attached hydrogen (secondary N) is 1. The summed E-state index contributed by atoms with van der Waals surface area (Å²) in [5.41, 5.74) is 1.34. The van der Waals surface area contributed by atoms with E-state index in [0.29, 0.717) is 0 Å². The van der Waals surface area contributed by atoms with Crippen molar-refractivity contribution in [1.82, 2.24) is 5.32 Å². The monoisotopic (exact) mass is 255 g/mol. The summed E-state index contributed by atoms with van der Waals surface area (Å²) in [6.45, 7) is 4.31. The zero-order chi connectivity index (χ0) is 10.2. The fourth-order valence-electron chi connectivity index (χ4n) is 1.36. The average molecular weight is 256 g/mol. The van der Waals surface area contributed by atoms with Crippen LogP contribution in [0.5, 0.6) is 0 Å². The van der Waals surface area contributed by atoms with E-state index in [9.17, 15) is 0 Å². The van der Waals surface area contributed by atoms with Gasteiger partial charge in [-0.3, -0.25) is 0 Å². The van der Waals surface area contributed by atoms with Crippen molar-refractivity contribution in [2.75, 3.05) is 6.54 Å². The van der Waals surface area contributed by atoms with Crippen LogP contribution in [-0.2, 0) is 6.54 Å². The molecule has 1 N–H and O–H groups in total. The Balaban J connectivity index is 2.21. The Morgan fingerprint density at radius 1 is 1.21 bits per heavy atom. The summed E-state index contributed by atoms with van der Waals surface area (Å²) in [4.78, 5) is 0. The highest BCUT2D eigenvalue weighted by Gasteiger charge is 1.96. The van der Waals surface area contributed by atoms with Gasteiger partial charge in [-0.2, -0.15) is 0 Å². The fraction of sp³-hybridized carbons (Fsp3) is 0.500. The highest BCUT2D eigenvalue weighted by atomic mass is 79.9. The maximum Gasteiger partial charge on any atom is 0.0220 e. The Kier molecular flexibility index (Phi) is 5.88. The van der Waals surface area contributed by atoms with Gasteiger partial charge in [0.2, 0.25) is 0 Å². The van der Waals surface area contributed by atoms with Gasteiger partial charge in [0.1, 0.15) is 0 Å². The minimum Gasteiger partial charge on any atom is -0.313 e. The summed E-state index contributed by atoms with van der Waals surface area (Å²) in [5.74, 6) is 0. The Morgan fingerprint density at radius 3 is 2.71 bits per heavy atom. The number of halogens is 1. The van der Waals surface area contributed by atoms with Crippen molar-refractivity contribution < 1.29 is 0 Å². The van der Waals surface area contributed by atoms with Crippen molar-refractivity contribution in [3.63, 3.8) is 0 Å². The molecule has 0 aliphatic carbocycles. The second-order valence-electron chi connectivity index (χ2n) is 3.48. The molecule has 0 spiro atoms. The maximum absolute atomic E-state index is 3.54. The third kappa shape index (κ3) is 4.25. The molecule has 1 nitrogen and oxygen atoms in total. The van der Waals surface area contributed by atoms with Gasteiger partial charge in [-0.25, -0.2) is 0 Å². The van der Waals surface area contributed by atoms with E-state index in [2.05, 4.69) is 46.4 Å². The summed E-state index contributed by atoms with van der Waals surface area (Å²) >= 11 is 3.54. The van der Waals surface area contributed by atoms with Crippen LogP contribution in [0.3, 0.4) is 0 Å². The lowest BCUT2D eigenvalue weighted by Crippen LogP contribution is -2.14. The van der Waals surface area contributed by atoms with Crippen molar-refractivity contribution in [3.05, 3.63) is 34.3 Å². The number of hydrogen-bond acceptors (Lipinski definition) is 1. The summed E-state index contributed by atoms with van der Waals surface area (Å²) in [6.07, 6.45) is 3.89. The van der Waals surface area contributed by atoms with E-state index >= 15 is 0 Å². The molecule has 0 aliphatic rings. The van der Waals surface area contributed by atoms with E-state index in [0.717, 1.165) is 13.1 Å². The van der Waals surface area contributed by atoms with E-state index in [-0.39, 0.29) is 0 Å². The van der Waals surface area contributed by atoms with E-state index in [1.807, 2.05) is 6.07 Å². The van der Waals surface area contributed by atoms with E-state index in [1.165, 1.54) is 29.3 Å². The van der Waals surface area contributed by atoms with E-state index < -0.39 is 0 Å². The smallest absolute Gasteiger partial charge is 0.0220 e. The van der Waals surface area contributed by atoms with Crippen molar-refractivity contribution in [2.45, 2.75) is 32.7 Å². The molecule has 0 atom stereocenters. The molecule has 0 saturated carbocycles. The third-order valence-corrected chi connectivity index (χ3v) is 3.00. The first-order valence-corrected chi connectivity index (χ1v) is 6.08. The number of hydrogen-bond donors (Lipinski definition) is 1. The minimum atomic E-state index is 0.963. The molecule has 0 saturated heterocycles. The van der Waals surface area contributed by atoms with Gasteiger partial charge in [0.25, 0.3) is 0 Å². The third-order valence-electron chi connectivity index (χ3n) is 2.23. The largest absolute Gasteiger partial charge is 0.313 e. The molecule has 78 valence electrons. The topological polar surface area (TPSA) is 12.0 Å². The molecule has 0 amide bonds. The van der Waals surface area contributed by atoms with Crippen LogP contribution in [0.1, 0.15) is 31.7 Å². The van der Waals surface area contributed by atoms with Gasteiger partial charge < -0.3 is 5.32 Å². The minimum absolute atomic E-state index is 0.963. The molecular weight excluding hydrogens is 238 g/mol. The van der Waals surface area contributed by atoms with Gasteiger partial charge in [0, 0.05) is 11.0 Å². The highest BCUT2D eigenvalue weighted by Crippen LogP contribution is 2.15. The van der Waals surface area contributed by atoms with Crippen LogP contribution >= 0.6 is 15.9 Å². The lowest BCUT2D eigenvalue weighted by atomic mass is 10.2. The molecule has 0 radical (unpaired) electrons. The van der Waals surface area contributed by atoms with Crippen molar-refractivity contribution in [1.29, 1.82) is 0 Å². The first-order chi connectivity index (χ1) is 6.84. The zero-order valence-electron chi connectivity index (χ0n) is 8.72. The van der Waals surface area contributed by atoms with Gasteiger partial charge in [0.15, 0.2) is 0 Å². The summed E-state index contributed by atoms with van der Waals surface area (Å²) in [6, 6.07) is 8.36. The Bertz CT molecular complexity index is 260. The summed E-state index contributed by atoms with van der Waals surface area (Å²) in [5, 5.41) is 3.45. The second kappa shape index (κ2) is 7.02. The molecule has 0 aromatic heterocycles. The molecule has 0 unspecified atom stereocenters. The molecular formula is C12H18BrN. The predicted octanol–water partition coefficient (Wildman–Crippen LogP) is 3.73. The van der Waals surface area contributed by atoms with Crippen LogP contribution < -0.4 is 5.32 Å². The molecule has 0 heterocycles. The predicted molar refractivity (Wildman–Crippen MR) is 65.4 cm³/mol. The number of unbranched alkanes of at least 4 members (excludes halogenated alkanes) is 2. The first kappa shape index (κ1) is 11.7. The van der Waals surface area contributed by atoms with Crippen LogP contribution in [-0.4, -0.2) is 6.54 Å². The Morgan fingerprint density at radius 2 is 2.00 bits per heavy atom. The maximum atomic E-state index is 3.54. The molecule has 0 fully saturated rings. The second-order valence-corrected chi connectivity index (χ2v) is 4.33. The van der Waals surface area contributed by atoms with Gasteiger partial charge in [0.05, 0.1) is 0 Å². The van der Waals surface area contributed by atoms with Crippen molar-refractivity contribution >= 4 is 15.9 Å². The molecule has 1 aromatic carbocycles. The number of benzene rings is 1. The fourth-order valence-corrected chi connectivity index (χ4v) is 1.79. The molecule has 14 heavy (non-hydrogen) atoms. The van der Waals surface area contributed by atoms with Gasteiger partial charge in [-0.05, 0) is 24.6 Å². The van der Waals surface area contributed by atoms with Crippen LogP contribution in [0.25, 0.3) is 0 Å². The van der Waals surface area contributed by atoms with Crippen LogP contribution in [0.15, 0.2) is 28.7 Å². The van der Waals surface area contributed by atoms with Crippen LogP contribution in [0.4, 0.5) is 0 Å². The Labute approximate surface area is 95.0 Å². The first-order valence-electron chi connectivity index (χ1n) is 5.28. The number of rotatable bonds is 6.